The van der Waals surface area contributed by atoms with Gasteiger partial charge in [-0.05, 0) is 34.2 Å². The first-order valence-electron chi connectivity index (χ1n) is 10.8. The molecule has 1 atom stereocenters. The summed E-state index contributed by atoms with van der Waals surface area (Å²) in [6.45, 7) is 2.68. The molecule has 2 heterocycles. The van der Waals surface area contributed by atoms with Crippen LogP contribution >= 0.6 is 11.6 Å². The summed E-state index contributed by atoms with van der Waals surface area (Å²) in [6.07, 6.45) is 4.31. The molecular weight excluding hydrogens is 424 g/mol. The molecule has 0 aliphatic heterocycles. The van der Waals surface area contributed by atoms with E-state index in [0.717, 1.165) is 36.9 Å². The van der Waals surface area contributed by atoms with Gasteiger partial charge in [0, 0.05) is 25.3 Å². The van der Waals surface area contributed by atoms with Crippen molar-refractivity contribution in [1.82, 2.24) is 30.2 Å². The van der Waals surface area contributed by atoms with Gasteiger partial charge in [0.15, 0.2) is 17.3 Å². The summed E-state index contributed by atoms with van der Waals surface area (Å²) in [5, 5.41) is 14.9. The maximum atomic E-state index is 11.7. The zero-order chi connectivity index (χ0) is 22.1. The lowest BCUT2D eigenvalue weighted by atomic mass is 9.92. The SMILES string of the molecule is CCCCc1nc(Cl)c(C=O)n1Cc1ccc2c(c1)C(Cc1nn[nH]n1)c1ccccc1-2. The van der Waals surface area contributed by atoms with Crippen LogP contribution in [0.2, 0.25) is 5.15 Å². The largest absolute Gasteiger partial charge is 0.320 e. The molecule has 162 valence electrons. The van der Waals surface area contributed by atoms with Crippen molar-refractivity contribution in [2.45, 2.75) is 45.1 Å². The van der Waals surface area contributed by atoms with E-state index in [0.29, 0.717) is 24.5 Å². The number of nitrogens with one attached hydrogen (secondary N) is 1. The minimum atomic E-state index is 0.148. The first kappa shape index (κ1) is 20.6. The number of benzene rings is 2. The lowest BCUT2D eigenvalue weighted by molar-refractivity contribution is 0.111. The Morgan fingerprint density at radius 1 is 1.16 bits per heavy atom. The van der Waals surface area contributed by atoms with E-state index in [1.807, 2.05) is 4.57 Å². The maximum absolute atomic E-state index is 11.7. The molecule has 0 fully saturated rings. The maximum Gasteiger partial charge on any atom is 0.175 e. The zero-order valence-corrected chi connectivity index (χ0v) is 18.5. The van der Waals surface area contributed by atoms with Crippen LogP contribution in [0.4, 0.5) is 0 Å². The number of fused-ring (bicyclic) bond motifs is 3. The summed E-state index contributed by atoms with van der Waals surface area (Å²) in [6, 6.07) is 15.0. The number of aryl methyl sites for hydroxylation is 1. The van der Waals surface area contributed by atoms with Gasteiger partial charge in [-0.1, -0.05) is 72.6 Å². The molecule has 0 spiro atoms. The van der Waals surface area contributed by atoms with E-state index in [9.17, 15) is 4.79 Å². The summed E-state index contributed by atoms with van der Waals surface area (Å²) in [4.78, 5) is 16.2. The van der Waals surface area contributed by atoms with Gasteiger partial charge in [0.05, 0.1) is 0 Å². The summed E-state index contributed by atoms with van der Waals surface area (Å²) in [7, 11) is 0. The van der Waals surface area contributed by atoms with Gasteiger partial charge >= 0.3 is 0 Å². The molecule has 1 aliphatic carbocycles. The molecule has 0 saturated carbocycles. The average Bonchev–Trinajstić information content (AvgIpc) is 3.50. The number of imidazole rings is 1. The van der Waals surface area contributed by atoms with Gasteiger partial charge in [0.2, 0.25) is 0 Å². The minimum absolute atomic E-state index is 0.148. The molecule has 0 amide bonds. The third kappa shape index (κ3) is 3.62. The molecule has 0 bridgehead atoms. The fourth-order valence-corrected chi connectivity index (χ4v) is 4.85. The monoisotopic (exact) mass is 446 g/mol. The topological polar surface area (TPSA) is 89.4 Å². The van der Waals surface area contributed by atoms with Crippen molar-refractivity contribution in [3.8, 4) is 11.1 Å². The number of hydrogen-bond acceptors (Lipinski definition) is 5. The second-order valence-corrected chi connectivity index (χ2v) is 8.46. The van der Waals surface area contributed by atoms with Gasteiger partial charge in [0.25, 0.3) is 0 Å². The first-order valence-corrected chi connectivity index (χ1v) is 11.2. The number of carbonyl (C=O) groups is 1. The highest BCUT2D eigenvalue weighted by Gasteiger charge is 2.30. The van der Waals surface area contributed by atoms with Gasteiger partial charge in [-0.15, -0.1) is 10.2 Å². The molecule has 0 saturated heterocycles. The van der Waals surface area contributed by atoms with Crippen molar-refractivity contribution in [2.75, 3.05) is 0 Å². The van der Waals surface area contributed by atoms with E-state index in [-0.39, 0.29) is 11.1 Å². The third-order valence-corrected chi connectivity index (χ3v) is 6.42. The number of aromatic nitrogens is 6. The Balaban J connectivity index is 1.53. The molecule has 2 aromatic heterocycles. The number of nitrogens with zero attached hydrogens (tertiary/aromatic N) is 5. The quantitative estimate of drug-likeness (QED) is 0.399. The molecule has 32 heavy (non-hydrogen) atoms. The number of unbranched alkanes of at least 4 members (excludes halogenated alkanes) is 1. The summed E-state index contributed by atoms with van der Waals surface area (Å²) < 4.78 is 1.95. The molecule has 7 nitrogen and oxygen atoms in total. The number of aldehydes is 1. The highest BCUT2D eigenvalue weighted by atomic mass is 35.5. The molecule has 2 aromatic carbocycles. The van der Waals surface area contributed by atoms with E-state index in [1.54, 1.807) is 0 Å². The first-order chi connectivity index (χ1) is 15.7. The van der Waals surface area contributed by atoms with E-state index in [1.165, 1.54) is 22.3 Å². The number of aromatic amines is 1. The minimum Gasteiger partial charge on any atom is -0.320 e. The Hall–Kier alpha value is -3.32. The summed E-state index contributed by atoms with van der Waals surface area (Å²) in [5.74, 6) is 1.69. The van der Waals surface area contributed by atoms with Crippen LogP contribution in [0.1, 0.15) is 64.5 Å². The molecule has 1 N–H and O–H groups in total. The van der Waals surface area contributed by atoms with Gasteiger partial charge in [-0.3, -0.25) is 4.79 Å². The van der Waals surface area contributed by atoms with Crippen LogP contribution < -0.4 is 0 Å². The number of tetrazole rings is 1. The smallest absolute Gasteiger partial charge is 0.175 e. The van der Waals surface area contributed by atoms with Crippen LogP contribution in [-0.4, -0.2) is 36.5 Å². The van der Waals surface area contributed by atoms with Gasteiger partial charge in [-0.25, -0.2) is 4.98 Å². The Morgan fingerprint density at radius 3 is 2.78 bits per heavy atom. The lowest BCUT2D eigenvalue weighted by Gasteiger charge is -2.14. The van der Waals surface area contributed by atoms with Gasteiger partial charge < -0.3 is 4.57 Å². The van der Waals surface area contributed by atoms with E-state index >= 15 is 0 Å². The highest BCUT2D eigenvalue weighted by molar-refractivity contribution is 6.31. The van der Waals surface area contributed by atoms with Crippen molar-refractivity contribution >= 4 is 17.9 Å². The molecule has 5 rings (SSSR count). The van der Waals surface area contributed by atoms with Crippen LogP contribution in [0.3, 0.4) is 0 Å². The van der Waals surface area contributed by atoms with Gasteiger partial charge in [-0.2, -0.15) is 5.21 Å². The van der Waals surface area contributed by atoms with E-state index in [2.05, 4.69) is 75.0 Å². The highest BCUT2D eigenvalue weighted by Crippen LogP contribution is 2.46. The average molecular weight is 447 g/mol. The van der Waals surface area contributed by atoms with Gasteiger partial charge in [0.1, 0.15) is 11.5 Å². The molecule has 8 heteroatoms. The summed E-state index contributed by atoms with van der Waals surface area (Å²) in [5.41, 5.74) is 6.51. The summed E-state index contributed by atoms with van der Waals surface area (Å²) >= 11 is 6.27. The second kappa shape index (κ2) is 8.67. The van der Waals surface area contributed by atoms with Crippen LogP contribution in [0, 0.1) is 0 Å². The lowest BCUT2D eigenvalue weighted by Crippen LogP contribution is -2.10. The normalized spacial score (nSPS) is 14.4. The van der Waals surface area contributed by atoms with E-state index in [4.69, 9.17) is 11.6 Å². The predicted molar refractivity (Wildman–Crippen MR) is 122 cm³/mol. The Morgan fingerprint density at radius 2 is 2.00 bits per heavy atom. The van der Waals surface area contributed by atoms with Crippen molar-refractivity contribution in [3.63, 3.8) is 0 Å². The fourth-order valence-electron chi connectivity index (χ4n) is 4.61. The van der Waals surface area contributed by atoms with Crippen LogP contribution in [0.25, 0.3) is 11.1 Å². The Labute approximate surface area is 190 Å². The van der Waals surface area contributed by atoms with E-state index < -0.39 is 0 Å². The Kier molecular flexibility index (Phi) is 5.57. The van der Waals surface area contributed by atoms with Crippen molar-refractivity contribution in [3.05, 3.63) is 81.7 Å². The predicted octanol–water partition coefficient (Wildman–Crippen LogP) is 4.61. The van der Waals surface area contributed by atoms with Crippen molar-refractivity contribution in [2.24, 2.45) is 0 Å². The van der Waals surface area contributed by atoms with Crippen LogP contribution in [-0.2, 0) is 19.4 Å². The molecule has 4 aromatic rings. The molecule has 0 radical (unpaired) electrons. The van der Waals surface area contributed by atoms with Crippen molar-refractivity contribution < 1.29 is 4.79 Å². The van der Waals surface area contributed by atoms with Crippen LogP contribution in [0.5, 0.6) is 0 Å². The standard InChI is InChI=1S/C24H23ClN6O/c1-2-3-8-23-26-24(25)21(14-32)31(23)13-15-9-10-18-16-6-4-5-7-17(16)20(19(18)11-15)12-22-27-29-30-28-22/h4-7,9-11,14,20H,2-3,8,12-13H2,1H3,(H,27,28,29,30). The number of carbonyl (C=O) groups excluding carboxylic acids is 1. The van der Waals surface area contributed by atoms with Crippen LogP contribution in [0.15, 0.2) is 42.5 Å². The number of halogens is 1. The second-order valence-electron chi connectivity index (χ2n) is 8.11. The number of H-pyrrole nitrogens is 1. The van der Waals surface area contributed by atoms with Crippen molar-refractivity contribution in [1.29, 1.82) is 0 Å². The molecule has 1 unspecified atom stereocenters. The fraction of sp³-hybridized carbons (Fsp3) is 0.292. The Bertz CT molecular complexity index is 1260. The molecule has 1 aliphatic rings. The third-order valence-electron chi connectivity index (χ3n) is 6.14. The molecular formula is C24H23ClN6O. The number of hydrogen-bond donors (Lipinski definition) is 1. The number of rotatable bonds is 8. The zero-order valence-electron chi connectivity index (χ0n) is 17.8.